The lowest BCUT2D eigenvalue weighted by Gasteiger charge is -2.27. The van der Waals surface area contributed by atoms with Gasteiger partial charge in [0, 0.05) is 43.9 Å². The summed E-state index contributed by atoms with van der Waals surface area (Å²) in [4.78, 5) is 55.6. The van der Waals surface area contributed by atoms with Crippen LogP contribution in [0.3, 0.4) is 0 Å². The highest BCUT2D eigenvalue weighted by atomic mass is 35.5. The van der Waals surface area contributed by atoms with Crippen molar-refractivity contribution in [2.45, 2.75) is 19.3 Å². The van der Waals surface area contributed by atoms with Gasteiger partial charge < -0.3 is 20.1 Å². The molecule has 0 radical (unpaired) electrons. The van der Waals surface area contributed by atoms with E-state index in [0.29, 0.717) is 60.4 Å². The number of anilines is 3. The molecule has 2 amide bonds. The highest BCUT2D eigenvalue weighted by molar-refractivity contribution is 6.32. The highest BCUT2D eigenvalue weighted by Gasteiger charge is 2.24. The minimum atomic E-state index is -0.328. The summed E-state index contributed by atoms with van der Waals surface area (Å²) >= 11 is 6.43. The second-order valence-electron chi connectivity index (χ2n) is 8.28. The summed E-state index contributed by atoms with van der Waals surface area (Å²) in [7, 11) is 0. The Kier molecular flexibility index (Phi) is 6.28. The SMILES string of the molecule is O=C(c1cc[nH]c(=O)c1)N1CCC=C(c2nc(Nc3cncc(N4CCCC4=O)c3)ncc2Cl)C1. The quantitative estimate of drug-likeness (QED) is 0.562. The molecule has 3 aromatic rings. The number of halogens is 1. The summed E-state index contributed by atoms with van der Waals surface area (Å²) in [5, 5.41) is 3.49. The molecule has 3 aromatic heterocycles. The maximum Gasteiger partial charge on any atom is 0.254 e. The van der Waals surface area contributed by atoms with Gasteiger partial charge in [0.15, 0.2) is 0 Å². The number of carbonyl (C=O) groups excluding carboxylic acids is 2. The molecule has 35 heavy (non-hydrogen) atoms. The molecule has 2 aliphatic rings. The first-order valence-corrected chi connectivity index (χ1v) is 11.6. The normalized spacial score (nSPS) is 15.8. The van der Waals surface area contributed by atoms with Gasteiger partial charge in [-0.1, -0.05) is 17.7 Å². The number of aromatic nitrogens is 4. The van der Waals surface area contributed by atoms with Crippen molar-refractivity contribution in [2.75, 3.05) is 29.9 Å². The predicted octanol–water partition coefficient (Wildman–Crippen LogP) is 3.01. The summed E-state index contributed by atoms with van der Waals surface area (Å²) in [5.41, 5.74) is 2.67. The molecule has 2 N–H and O–H groups in total. The molecule has 2 aliphatic heterocycles. The third-order valence-corrected chi connectivity index (χ3v) is 6.15. The van der Waals surface area contributed by atoms with Gasteiger partial charge in [0.1, 0.15) is 0 Å². The lowest BCUT2D eigenvalue weighted by Crippen LogP contribution is -2.36. The molecule has 5 heterocycles. The summed E-state index contributed by atoms with van der Waals surface area (Å²) in [6, 6.07) is 4.70. The summed E-state index contributed by atoms with van der Waals surface area (Å²) in [6.07, 6.45) is 10.2. The van der Waals surface area contributed by atoms with Gasteiger partial charge in [0.2, 0.25) is 17.4 Å². The van der Waals surface area contributed by atoms with Gasteiger partial charge in [-0.3, -0.25) is 19.4 Å². The average molecular weight is 492 g/mol. The van der Waals surface area contributed by atoms with Crippen LogP contribution in [-0.2, 0) is 4.79 Å². The van der Waals surface area contributed by atoms with Crippen LogP contribution in [0.15, 0.2) is 53.9 Å². The van der Waals surface area contributed by atoms with Crippen LogP contribution >= 0.6 is 11.6 Å². The van der Waals surface area contributed by atoms with Crippen molar-refractivity contribution in [1.82, 2.24) is 24.8 Å². The Morgan fingerprint density at radius 2 is 2.03 bits per heavy atom. The number of nitrogens with zero attached hydrogens (tertiary/aromatic N) is 5. The third kappa shape index (κ3) is 4.92. The van der Waals surface area contributed by atoms with Crippen LogP contribution in [0.2, 0.25) is 5.02 Å². The van der Waals surface area contributed by atoms with Crippen LogP contribution in [0.1, 0.15) is 35.3 Å². The molecule has 1 saturated heterocycles. The fourth-order valence-electron chi connectivity index (χ4n) is 4.20. The fraction of sp³-hybridized carbons (Fsp3) is 0.250. The molecule has 0 bridgehead atoms. The van der Waals surface area contributed by atoms with E-state index in [1.807, 2.05) is 12.1 Å². The van der Waals surface area contributed by atoms with E-state index >= 15 is 0 Å². The largest absolute Gasteiger partial charge is 0.334 e. The van der Waals surface area contributed by atoms with Crippen molar-refractivity contribution in [3.63, 3.8) is 0 Å². The Bertz CT molecular complexity index is 1390. The lowest BCUT2D eigenvalue weighted by molar-refractivity contribution is -0.117. The molecule has 0 aliphatic carbocycles. The fourth-order valence-corrected chi connectivity index (χ4v) is 4.41. The number of rotatable bonds is 5. The number of aromatic amines is 1. The number of hydrogen-bond donors (Lipinski definition) is 2. The molecular weight excluding hydrogens is 470 g/mol. The van der Waals surface area contributed by atoms with Crippen molar-refractivity contribution in [1.29, 1.82) is 0 Å². The summed E-state index contributed by atoms with van der Waals surface area (Å²) in [5.74, 6) is 0.164. The van der Waals surface area contributed by atoms with Crippen LogP contribution in [0.25, 0.3) is 5.57 Å². The zero-order valence-corrected chi connectivity index (χ0v) is 19.5. The van der Waals surface area contributed by atoms with Gasteiger partial charge in [0.25, 0.3) is 5.91 Å². The maximum absolute atomic E-state index is 12.9. The van der Waals surface area contributed by atoms with Crippen LogP contribution < -0.4 is 15.8 Å². The second kappa shape index (κ2) is 9.67. The van der Waals surface area contributed by atoms with E-state index in [2.05, 4.69) is 25.3 Å². The molecule has 0 unspecified atom stereocenters. The Labute approximate surface area is 205 Å². The highest BCUT2D eigenvalue weighted by Crippen LogP contribution is 2.28. The van der Waals surface area contributed by atoms with Crippen molar-refractivity contribution in [3.8, 4) is 0 Å². The molecule has 10 nitrogen and oxygen atoms in total. The van der Waals surface area contributed by atoms with E-state index in [1.165, 1.54) is 18.5 Å². The topological polar surface area (TPSA) is 124 Å². The van der Waals surface area contributed by atoms with Crippen molar-refractivity contribution < 1.29 is 9.59 Å². The molecule has 178 valence electrons. The Hall–Kier alpha value is -4.05. The monoisotopic (exact) mass is 491 g/mol. The number of pyridine rings is 2. The number of nitrogens with one attached hydrogen (secondary N) is 2. The minimum absolute atomic E-state index is 0.0809. The number of hydrogen-bond acceptors (Lipinski definition) is 7. The van der Waals surface area contributed by atoms with Gasteiger partial charge in [-0.05, 0) is 30.5 Å². The molecule has 5 rings (SSSR count). The first-order valence-electron chi connectivity index (χ1n) is 11.2. The molecule has 0 aromatic carbocycles. The Morgan fingerprint density at radius 1 is 1.14 bits per heavy atom. The van der Waals surface area contributed by atoms with Crippen LogP contribution in [-0.4, -0.2) is 56.3 Å². The first-order chi connectivity index (χ1) is 17.0. The molecule has 0 atom stereocenters. The van der Waals surface area contributed by atoms with Crippen LogP contribution in [0, 0.1) is 0 Å². The lowest BCUT2D eigenvalue weighted by atomic mass is 10.1. The first kappa shape index (κ1) is 22.7. The number of amides is 2. The Balaban J connectivity index is 1.35. The van der Waals surface area contributed by atoms with Gasteiger partial charge in [0.05, 0.1) is 40.7 Å². The van der Waals surface area contributed by atoms with E-state index < -0.39 is 0 Å². The van der Waals surface area contributed by atoms with E-state index in [4.69, 9.17) is 11.6 Å². The van der Waals surface area contributed by atoms with Crippen molar-refractivity contribution in [2.24, 2.45) is 0 Å². The minimum Gasteiger partial charge on any atom is -0.334 e. The Morgan fingerprint density at radius 3 is 2.83 bits per heavy atom. The van der Waals surface area contributed by atoms with Gasteiger partial charge in [-0.25, -0.2) is 9.97 Å². The van der Waals surface area contributed by atoms with Crippen LogP contribution in [0.4, 0.5) is 17.3 Å². The van der Waals surface area contributed by atoms with E-state index in [9.17, 15) is 14.4 Å². The van der Waals surface area contributed by atoms with Gasteiger partial charge >= 0.3 is 0 Å². The average Bonchev–Trinajstić information content (AvgIpc) is 3.31. The van der Waals surface area contributed by atoms with E-state index in [-0.39, 0.29) is 17.4 Å². The molecule has 1 fully saturated rings. The summed E-state index contributed by atoms with van der Waals surface area (Å²) < 4.78 is 0. The molecule has 11 heteroatoms. The van der Waals surface area contributed by atoms with Crippen LogP contribution in [0.5, 0.6) is 0 Å². The number of carbonyl (C=O) groups is 2. The predicted molar refractivity (Wildman–Crippen MR) is 132 cm³/mol. The molecule has 0 saturated carbocycles. The van der Waals surface area contributed by atoms with E-state index in [1.54, 1.807) is 28.3 Å². The van der Waals surface area contributed by atoms with E-state index in [0.717, 1.165) is 17.7 Å². The van der Waals surface area contributed by atoms with Crippen molar-refractivity contribution in [3.05, 3.63) is 75.7 Å². The molecule has 0 spiro atoms. The zero-order chi connectivity index (χ0) is 24.4. The zero-order valence-electron chi connectivity index (χ0n) is 18.7. The summed E-state index contributed by atoms with van der Waals surface area (Å²) in [6.45, 7) is 1.50. The third-order valence-electron chi connectivity index (χ3n) is 5.87. The van der Waals surface area contributed by atoms with Crippen molar-refractivity contribution >= 4 is 46.3 Å². The van der Waals surface area contributed by atoms with Gasteiger partial charge in [-0.2, -0.15) is 0 Å². The number of H-pyrrole nitrogens is 1. The maximum atomic E-state index is 12.9. The second-order valence-corrected chi connectivity index (χ2v) is 8.69. The standard InChI is InChI=1S/C24H22ClN7O3/c25-19-13-28-24(29-17-10-18(12-26-11-17)32-8-2-4-21(32)34)30-22(19)16-3-1-7-31(14-16)23(35)15-5-6-27-20(33)9-15/h3,5-6,9-13H,1-2,4,7-8,14H2,(H,27,33)(H,28,29,30). The molecular formula is C24H22ClN7O3. The smallest absolute Gasteiger partial charge is 0.254 e. The van der Waals surface area contributed by atoms with Gasteiger partial charge in [-0.15, -0.1) is 0 Å².